The van der Waals surface area contributed by atoms with E-state index in [2.05, 4.69) is 0 Å². The van der Waals surface area contributed by atoms with Gasteiger partial charge in [0.15, 0.2) is 4.90 Å². The summed E-state index contributed by atoms with van der Waals surface area (Å²) >= 11 is -1.04. The number of nitrogens with zero attached hydrogens (tertiary/aromatic N) is 1. The fourth-order valence-electron chi connectivity index (χ4n) is 1.64. The highest BCUT2D eigenvalue weighted by atomic mass is 32.2. The third-order valence-electron chi connectivity index (χ3n) is 2.60. The molecule has 0 saturated carbocycles. The van der Waals surface area contributed by atoms with Crippen molar-refractivity contribution >= 4 is 11.2 Å². The molecule has 0 saturated heterocycles. The van der Waals surface area contributed by atoms with E-state index in [9.17, 15) is 8.94 Å². The average molecular weight is 259 g/mol. The predicted molar refractivity (Wildman–Crippen MR) is 68.9 cm³/mol. The van der Waals surface area contributed by atoms with Gasteiger partial charge in [-0.25, -0.2) is 4.39 Å². The molecule has 2 aromatic rings. The Hall–Kier alpha value is -1.83. The first-order chi connectivity index (χ1) is 8.61. The summed E-state index contributed by atoms with van der Waals surface area (Å²) < 4.78 is 25.0. The van der Waals surface area contributed by atoms with Crippen molar-refractivity contribution in [3.05, 3.63) is 53.8 Å². The third-order valence-corrected chi connectivity index (χ3v) is 3.53. The minimum Gasteiger partial charge on any atom is -0.612 e. The summed E-state index contributed by atoms with van der Waals surface area (Å²) in [5, 5.41) is 8.67. The summed E-state index contributed by atoms with van der Waals surface area (Å²) in [6.45, 7) is 0. The van der Waals surface area contributed by atoms with Crippen molar-refractivity contribution in [2.75, 3.05) is 6.26 Å². The Bertz CT molecular complexity index is 602. The van der Waals surface area contributed by atoms with Crippen LogP contribution in [0.3, 0.4) is 0 Å². The predicted octanol–water partition coefficient (Wildman–Crippen LogP) is 3.10. The van der Waals surface area contributed by atoms with Crippen molar-refractivity contribution in [2.24, 2.45) is 0 Å². The molecular formula is C14H10FNOS. The topological polar surface area (TPSA) is 46.8 Å². The molecule has 0 heterocycles. The van der Waals surface area contributed by atoms with Crippen LogP contribution in [0.1, 0.15) is 5.56 Å². The highest BCUT2D eigenvalue weighted by molar-refractivity contribution is 7.90. The molecule has 0 N–H and O–H groups in total. The Morgan fingerprint density at radius 3 is 2.33 bits per heavy atom. The number of hydrogen-bond donors (Lipinski definition) is 0. The molecule has 1 unspecified atom stereocenters. The van der Waals surface area contributed by atoms with E-state index in [-0.39, 0.29) is 0 Å². The van der Waals surface area contributed by atoms with Crippen LogP contribution in [0, 0.1) is 17.1 Å². The van der Waals surface area contributed by atoms with Crippen LogP contribution < -0.4 is 0 Å². The smallest absolute Gasteiger partial charge is 0.152 e. The highest BCUT2D eigenvalue weighted by Gasteiger charge is 2.08. The van der Waals surface area contributed by atoms with E-state index in [0.29, 0.717) is 21.6 Å². The molecule has 0 aliphatic carbocycles. The quantitative estimate of drug-likeness (QED) is 0.778. The molecular weight excluding hydrogens is 249 g/mol. The van der Waals surface area contributed by atoms with Crippen molar-refractivity contribution in [3.63, 3.8) is 0 Å². The molecule has 90 valence electrons. The van der Waals surface area contributed by atoms with Crippen LogP contribution in [0.15, 0.2) is 47.4 Å². The SMILES string of the molecule is C[S+]([O-])c1ccc(-c2ccc(C#N)cc2F)cc1. The number of nitriles is 1. The summed E-state index contributed by atoms with van der Waals surface area (Å²) in [5.74, 6) is -0.431. The van der Waals surface area contributed by atoms with E-state index in [1.807, 2.05) is 6.07 Å². The standard InChI is InChI=1S/C14H10FNOS/c1-18(17)12-5-3-11(4-6-12)13-7-2-10(9-16)8-14(13)15/h2-8H,1H3. The van der Waals surface area contributed by atoms with Crippen LogP contribution in [0.2, 0.25) is 0 Å². The summed E-state index contributed by atoms with van der Waals surface area (Å²) in [5.41, 5.74) is 1.43. The van der Waals surface area contributed by atoms with E-state index >= 15 is 0 Å². The van der Waals surface area contributed by atoms with Gasteiger partial charge in [-0.3, -0.25) is 0 Å². The molecule has 2 aromatic carbocycles. The van der Waals surface area contributed by atoms with Crippen molar-refractivity contribution < 1.29 is 8.94 Å². The van der Waals surface area contributed by atoms with Gasteiger partial charge in [0, 0.05) is 5.56 Å². The maximum absolute atomic E-state index is 13.8. The largest absolute Gasteiger partial charge is 0.612 e. The van der Waals surface area contributed by atoms with Crippen LogP contribution in [0.25, 0.3) is 11.1 Å². The maximum atomic E-state index is 13.8. The number of halogens is 1. The molecule has 0 aliphatic rings. The number of rotatable bonds is 2. The molecule has 0 aromatic heterocycles. The molecule has 0 bridgehead atoms. The van der Waals surface area contributed by atoms with Crippen LogP contribution in [-0.2, 0) is 11.2 Å². The normalized spacial score (nSPS) is 11.9. The molecule has 1 atom stereocenters. The zero-order chi connectivity index (χ0) is 13.1. The molecule has 4 heteroatoms. The first-order valence-electron chi connectivity index (χ1n) is 5.25. The molecule has 2 rings (SSSR count). The maximum Gasteiger partial charge on any atom is 0.152 e. The monoisotopic (exact) mass is 259 g/mol. The Morgan fingerprint density at radius 1 is 1.17 bits per heavy atom. The summed E-state index contributed by atoms with van der Waals surface area (Å²) in [7, 11) is 0. The molecule has 2 nitrogen and oxygen atoms in total. The Balaban J connectivity index is 2.40. The van der Waals surface area contributed by atoms with Gasteiger partial charge in [-0.15, -0.1) is 0 Å². The van der Waals surface area contributed by atoms with Gasteiger partial charge in [0.25, 0.3) is 0 Å². The van der Waals surface area contributed by atoms with E-state index in [1.165, 1.54) is 6.07 Å². The first-order valence-corrected chi connectivity index (χ1v) is 6.81. The van der Waals surface area contributed by atoms with Gasteiger partial charge < -0.3 is 4.55 Å². The van der Waals surface area contributed by atoms with Crippen LogP contribution in [0.4, 0.5) is 4.39 Å². The zero-order valence-electron chi connectivity index (χ0n) is 9.68. The Labute approximate surface area is 108 Å². The van der Waals surface area contributed by atoms with Gasteiger partial charge in [-0.2, -0.15) is 5.26 Å². The minimum absolute atomic E-state index is 0.294. The molecule has 0 radical (unpaired) electrons. The second-order valence-electron chi connectivity index (χ2n) is 3.78. The second-order valence-corrected chi connectivity index (χ2v) is 5.16. The van der Waals surface area contributed by atoms with Crippen molar-refractivity contribution in [1.82, 2.24) is 0 Å². The van der Waals surface area contributed by atoms with Crippen LogP contribution >= 0.6 is 0 Å². The molecule has 0 spiro atoms. The van der Waals surface area contributed by atoms with E-state index in [0.717, 1.165) is 0 Å². The van der Waals surface area contributed by atoms with Crippen LogP contribution in [-0.4, -0.2) is 10.8 Å². The summed E-state index contributed by atoms with van der Waals surface area (Å²) in [4.78, 5) is 0.702. The fraction of sp³-hybridized carbons (Fsp3) is 0.0714. The van der Waals surface area contributed by atoms with Gasteiger partial charge in [-0.1, -0.05) is 6.07 Å². The first kappa shape index (κ1) is 12.6. The van der Waals surface area contributed by atoms with E-state index in [4.69, 9.17) is 5.26 Å². The molecule has 0 aliphatic heterocycles. The fourth-order valence-corrected chi connectivity index (χ4v) is 2.16. The second kappa shape index (κ2) is 5.21. The van der Waals surface area contributed by atoms with E-state index < -0.39 is 17.0 Å². The lowest BCUT2D eigenvalue weighted by Crippen LogP contribution is -1.96. The molecule has 0 amide bonds. The van der Waals surface area contributed by atoms with Crippen molar-refractivity contribution in [1.29, 1.82) is 5.26 Å². The lowest BCUT2D eigenvalue weighted by molar-refractivity contribution is 0.601. The van der Waals surface area contributed by atoms with Gasteiger partial charge in [-0.05, 0) is 53.1 Å². The van der Waals surface area contributed by atoms with Gasteiger partial charge in [0.1, 0.15) is 12.1 Å². The summed E-state index contributed by atoms with van der Waals surface area (Å²) in [6, 6.07) is 13.1. The third kappa shape index (κ3) is 2.53. The number of benzene rings is 2. The van der Waals surface area contributed by atoms with Crippen LogP contribution in [0.5, 0.6) is 0 Å². The van der Waals surface area contributed by atoms with Crippen molar-refractivity contribution in [3.8, 4) is 17.2 Å². The highest BCUT2D eigenvalue weighted by Crippen LogP contribution is 2.24. The molecule has 0 fully saturated rings. The van der Waals surface area contributed by atoms with Gasteiger partial charge in [0.2, 0.25) is 0 Å². The van der Waals surface area contributed by atoms with E-state index in [1.54, 1.807) is 42.7 Å². The zero-order valence-corrected chi connectivity index (χ0v) is 10.5. The Kier molecular flexibility index (Phi) is 3.66. The van der Waals surface area contributed by atoms with Gasteiger partial charge in [0.05, 0.1) is 11.6 Å². The number of hydrogen-bond acceptors (Lipinski definition) is 2. The Morgan fingerprint density at radius 2 is 1.83 bits per heavy atom. The average Bonchev–Trinajstić information content (AvgIpc) is 2.38. The van der Waals surface area contributed by atoms with Gasteiger partial charge >= 0.3 is 0 Å². The molecule has 18 heavy (non-hydrogen) atoms. The summed E-state index contributed by atoms with van der Waals surface area (Å²) in [6.07, 6.45) is 1.59. The minimum atomic E-state index is -1.04. The lowest BCUT2D eigenvalue weighted by atomic mass is 10.0. The lowest BCUT2D eigenvalue weighted by Gasteiger charge is -2.06. The van der Waals surface area contributed by atoms with Crippen molar-refractivity contribution in [2.45, 2.75) is 4.90 Å².